The fraction of sp³-hybridized carbons (Fsp3) is 0.389. The molecule has 1 heterocycles. The fourth-order valence-electron chi connectivity index (χ4n) is 3.12. The maximum atomic E-state index is 12.2. The molecule has 2 amide bonds. The van der Waals surface area contributed by atoms with Crippen LogP contribution in [0.15, 0.2) is 47.1 Å². The third-order valence-electron chi connectivity index (χ3n) is 4.26. The highest BCUT2D eigenvalue weighted by Gasteiger charge is 2.24. The Morgan fingerprint density at radius 1 is 1.35 bits per heavy atom. The summed E-state index contributed by atoms with van der Waals surface area (Å²) in [6.45, 7) is 1.87. The number of carbonyl (C=O) groups excluding carboxylic acids is 1. The number of amides is 2. The van der Waals surface area contributed by atoms with Gasteiger partial charge < -0.3 is 20.2 Å². The molecule has 23 heavy (non-hydrogen) atoms. The molecule has 5 heteroatoms. The Hall–Kier alpha value is -2.27. The zero-order valence-corrected chi connectivity index (χ0v) is 13.2. The largest absolute Gasteiger partial charge is 0.467 e. The fourth-order valence-corrected chi connectivity index (χ4v) is 3.12. The van der Waals surface area contributed by atoms with Gasteiger partial charge >= 0.3 is 6.03 Å². The van der Waals surface area contributed by atoms with Gasteiger partial charge in [0.25, 0.3) is 0 Å². The molecule has 1 aliphatic carbocycles. The van der Waals surface area contributed by atoms with Crippen molar-refractivity contribution < 1.29 is 14.3 Å². The standard InChI is InChI=1S/C18H22N2O3/c1-12(11-16(21)17-7-4-10-23-17)19-18(22)20-15-9-8-13-5-2-3-6-14(13)15/h2-7,10,12,15-16,21H,8-9,11H2,1H3,(H2,19,20,22). The Labute approximate surface area is 135 Å². The second-order valence-electron chi connectivity index (χ2n) is 6.08. The number of aliphatic hydroxyl groups is 1. The highest BCUT2D eigenvalue weighted by molar-refractivity contribution is 5.75. The van der Waals surface area contributed by atoms with Crippen LogP contribution in [0.1, 0.15) is 48.8 Å². The van der Waals surface area contributed by atoms with Crippen LogP contribution in [0.2, 0.25) is 0 Å². The van der Waals surface area contributed by atoms with Crippen molar-refractivity contribution in [2.24, 2.45) is 0 Å². The van der Waals surface area contributed by atoms with E-state index in [-0.39, 0.29) is 18.1 Å². The van der Waals surface area contributed by atoms with Gasteiger partial charge in [0.15, 0.2) is 0 Å². The summed E-state index contributed by atoms with van der Waals surface area (Å²) in [5, 5.41) is 15.9. The quantitative estimate of drug-likeness (QED) is 0.794. The highest BCUT2D eigenvalue weighted by Crippen LogP contribution is 2.30. The number of furan rings is 1. The van der Waals surface area contributed by atoms with E-state index in [9.17, 15) is 9.90 Å². The van der Waals surface area contributed by atoms with Gasteiger partial charge in [-0.05, 0) is 43.0 Å². The second kappa shape index (κ2) is 6.87. The lowest BCUT2D eigenvalue weighted by Crippen LogP contribution is -2.42. The van der Waals surface area contributed by atoms with Crippen LogP contribution in [-0.4, -0.2) is 17.2 Å². The van der Waals surface area contributed by atoms with E-state index in [0.717, 1.165) is 12.8 Å². The lowest BCUT2D eigenvalue weighted by Gasteiger charge is -2.20. The summed E-state index contributed by atoms with van der Waals surface area (Å²) in [4.78, 5) is 12.2. The predicted molar refractivity (Wildman–Crippen MR) is 86.9 cm³/mol. The van der Waals surface area contributed by atoms with E-state index >= 15 is 0 Å². The Bertz CT molecular complexity index is 654. The van der Waals surface area contributed by atoms with E-state index in [2.05, 4.69) is 22.8 Å². The summed E-state index contributed by atoms with van der Waals surface area (Å²) in [5.74, 6) is 0.517. The molecular weight excluding hydrogens is 292 g/mol. The number of aliphatic hydroxyl groups excluding tert-OH is 1. The van der Waals surface area contributed by atoms with E-state index < -0.39 is 6.10 Å². The Kier molecular flexibility index (Phi) is 4.67. The number of urea groups is 1. The van der Waals surface area contributed by atoms with Gasteiger partial charge in [0, 0.05) is 12.5 Å². The number of fused-ring (bicyclic) bond motifs is 1. The molecule has 3 rings (SSSR count). The van der Waals surface area contributed by atoms with Crippen molar-refractivity contribution in [2.45, 2.75) is 44.4 Å². The summed E-state index contributed by atoms with van der Waals surface area (Å²) < 4.78 is 5.17. The van der Waals surface area contributed by atoms with Gasteiger partial charge in [-0.1, -0.05) is 24.3 Å². The number of carbonyl (C=O) groups is 1. The molecule has 0 spiro atoms. The number of nitrogens with one attached hydrogen (secondary N) is 2. The Morgan fingerprint density at radius 3 is 2.96 bits per heavy atom. The van der Waals surface area contributed by atoms with Crippen LogP contribution in [0.5, 0.6) is 0 Å². The SMILES string of the molecule is CC(CC(O)c1ccco1)NC(=O)NC1CCc2ccccc21. The van der Waals surface area contributed by atoms with Crippen molar-refractivity contribution in [1.29, 1.82) is 0 Å². The van der Waals surface area contributed by atoms with Gasteiger partial charge in [-0.2, -0.15) is 0 Å². The normalized spacial score (nSPS) is 19.0. The monoisotopic (exact) mass is 314 g/mol. The average Bonchev–Trinajstić information content (AvgIpc) is 3.17. The summed E-state index contributed by atoms with van der Waals surface area (Å²) in [6, 6.07) is 11.4. The van der Waals surface area contributed by atoms with Gasteiger partial charge in [-0.25, -0.2) is 4.79 Å². The van der Waals surface area contributed by atoms with Crippen molar-refractivity contribution in [3.05, 3.63) is 59.5 Å². The second-order valence-corrected chi connectivity index (χ2v) is 6.08. The maximum absolute atomic E-state index is 12.2. The summed E-state index contributed by atoms with van der Waals surface area (Å²) in [5.41, 5.74) is 2.50. The molecule has 0 saturated heterocycles. The van der Waals surface area contributed by atoms with Crippen LogP contribution in [-0.2, 0) is 6.42 Å². The lowest BCUT2D eigenvalue weighted by molar-refractivity contribution is 0.129. The molecule has 0 bridgehead atoms. The first-order chi connectivity index (χ1) is 11.1. The van der Waals surface area contributed by atoms with Crippen LogP contribution in [0, 0.1) is 0 Å². The molecule has 0 fully saturated rings. The predicted octanol–water partition coefficient (Wildman–Crippen LogP) is 3.08. The molecular formula is C18H22N2O3. The molecule has 3 unspecified atom stereocenters. The van der Waals surface area contributed by atoms with Crippen molar-refractivity contribution in [1.82, 2.24) is 10.6 Å². The van der Waals surface area contributed by atoms with Crippen LogP contribution in [0.4, 0.5) is 4.79 Å². The number of benzene rings is 1. The molecule has 5 nitrogen and oxygen atoms in total. The van der Waals surface area contributed by atoms with Crippen LogP contribution in [0.3, 0.4) is 0 Å². The van der Waals surface area contributed by atoms with Crippen LogP contribution >= 0.6 is 0 Å². The minimum Gasteiger partial charge on any atom is -0.467 e. The molecule has 3 atom stereocenters. The summed E-state index contributed by atoms with van der Waals surface area (Å²) >= 11 is 0. The minimum atomic E-state index is -0.715. The van der Waals surface area contributed by atoms with E-state index in [1.807, 2.05) is 19.1 Å². The summed E-state index contributed by atoms with van der Waals surface area (Å²) in [6.07, 6.45) is 3.14. The number of hydrogen-bond acceptors (Lipinski definition) is 3. The lowest BCUT2D eigenvalue weighted by atomic mass is 10.1. The van der Waals surface area contributed by atoms with Gasteiger partial charge in [0.1, 0.15) is 11.9 Å². The zero-order valence-electron chi connectivity index (χ0n) is 13.2. The van der Waals surface area contributed by atoms with E-state index in [0.29, 0.717) is 12.2 Å². The Balaban J connectivity index is 1.50. The zero-order chi connectivity index (χ0) is 16.2. The van der Waals surface area contributed by atoms with Gasteiger partial charge in [-0.3, -0.25) is 0 Å². The Morgan fingerprint density at radius 2 is 2.17 bits per heavy atom. The molecule has 1 aliphatic rings. The minimum absolute atomic E-state index is 0.0633. The van der Waals surface area contributed by atoms with E-state index in [1.54, 1.807) is 12.1 Å². The highest BCUT2D eigenvalue weighted by atomic mass is 16.4. The third-order valence-corrected chi connectivity index (χ3v) is 4.26. The van der Waals surface area contributed by atoms with Crippen molar-refractivity contribution in [3.63, 3.8) is 0 Å². The average molecular weight is 314 g/mol. The molecule has 2 aromatic rings. The van der Waals surface area contributed by atoms with Gasteiger partial charge in [0.05, 0.1) is 12.3 Å². The number of hydrogen-bond donors (Lipinski definition) is 3. The maximum Gasteiger partial charge on any atom is 0.315 e. The topological polar surface area (TPSA) is 74.5 Å². The smallest absolute Gasteiger partial charge is 0.315 e. The molecule has 1 aromatic heterocycles. The van der Waals surface area contributed by atoms with E-state index in [4.69, 9.17) is 4.42 Å². The molecule has 0 saturated carbocycles. The van der Waals surface area contributed by atoms with Crippen LogP contribution < -0.4 is 10.6 Å². The molecule has 0 aliphatic heterocycles. The van der Waals surface area contributed by atoms with Gasteiger partial charge in [0.2, 0.25) is 0 Å². The first kappa shape index (κ1) is 15.6. The first-order valence-corrected chi connectivity index (χ1v) is 8.00. The van der Waals surface area contributed by atoms with Crippen molar-refractivity contribution in [3.8, 4) is 0 Å². The van der Waals surface area contributed by atoms with Crippen molar-refractivity contribution >= 4 is 6.03 Å². The number of rotatable bonds is 5. The molecule has 122 valence electrons. The first-order valence-electron chi connectivity index (χ1n) is 8.00. The number of aryl methyl sites for hydroxylation is 1. The van der Waals surface area contributed by atoms with Gasteiger partial charge in [-0.15, -0.1) is 0 Å². The molecule has 0 radical (unpaired) electrons. The van der Waals surface area contributed by atoms with Crippen LogP contribution in [0.25, 0.3) is 0 Å². The third kappa shape index (κ3) is 3.74. The van der Waals surface area contributed by atoms with Crippen molar-refractivity contribution in [2.75, 3.05) is 0 Å². The summed E-state index contributed by atoms with van der Waals surface area (Å²) in [7, 11) is 0. The van der Waals surface area contributed by atoms with E-state index in [1.165, 1.54) is 17.4 Å². The molecule has 3 N–H and O–H groups in total. The molecule has 1 aromatic carbocycles.